The van der Waals surface area contributed by atoms with Gasteiger partial charge in [-0.25, -0.2) is 0 Å². The number of rotatable bonds is 6. The van der Waals surface area contributed by atoms with Gasteiger partial charge in [0.2, 0.25) is 5.91 Å². The molecule has 0 aromatic heterocycles. The van der Waals surface area contributed by atoms with Gasteiger partial charge in [-0.05, 0) is 32.2 Å². The topological polar surface area (TPSA) is 50.4 Å². The molecule has 1 rings (SSSR count). The van der Waals surface area contributed by atoms with Crippen LogP contribution in [0.2, 0.25) is 0 Å². The largest absolute Gasteiger partial charge is 0.364 e. The zero-order valence-corrected chi connectivity index (χ0v) is 10.6. The molecular formula is C12H24N2O2. The molecule has 2 N–H and O–H groups in total. The molecule has 0 spiro atoms. The molecule has 4 nitrogen and oxygen atoms in total. The SMILES string of the molecule is CC(C)CCNC(=O)C(C)OC1CCNC1. The van der Waals surface area contributed by atoms with Crippen molar-refractivity contribution in [2.24, 2.45) is 5.92 Å². The van der Waals surface area contributed by atoms with Gasteiger partial charge in [0, 0.05) is 13.1 Å². The molecule has 2 atom stereocenters. The lowest BCUT2D eigenvalue weighted by Crippen LogP contribution is -2.38. The first-order valence-electron chi connectivity index (χ1n) is 6.23. The van der Waals surface area contributed by atoms with Gasteiger partial charge in [0.25, 0.3) is 0 Å². The molecule has 94 valence electrons. The van der Waals surface area contributed by atoms with E-state index < -0.39 is 0 Å². The normalized spacial score (nSPS) is 22.4. The third-order valence-electron chi connectivity index (χ3n) is 2.80. The minimum Gasteiger partial charge on any atom is -0.364 e. The van der Waals surface area contributed by atoms with E-state index >= 15 is 0 Å². The van der Waals surface area contributed by atoms with Crippen molar-refractivity contribution in [3.63, 3.8) is 0 Å². The van der Waals surface area contributed by atoms with Crippen molar-refractivity contribution < 1.29 is 9.53 Å². The first-order valence-corrected chi connectivity index (χ1v) is 6.23. The summed E-state index contributed by atoms with van der Waals surface area (Å²) >= 11 is 0. The molecule has 1 aliphatic rings. The summed E-state index contributed by atoms with van der Waals surface area (Å²) in [7, 11) is 0. The highest BCUT2D eigenvalue weighted by atomic mass is 16.5. The van der Waals surface area contributed by atoms with Crippen LogP contribution >= 0.6 is 0 Å². The lowest BCUT2D eigenvalue weighted by Gasteiger charge is -2.17. The summed E-state index contributed by atoms with van der Waals surface area (Å²) in [6, 6.07) is 0. The van der Waals surface area contributed by atoms with Gasteiger partial charge < -0.3 is 15.4 Å². The van der Waals surface area contributed by atoms with Crippen LogP contribution in [0.4, 0.5) is 0 Å². The Bertz CT molecular complexity index is 213. The Morgan fingerprint density at radius 2 is 2.25 bits per heavy atom. The summed E-state index contributed by atoms with van der Waals surface area (Å²) in [6.07, 6.45) is 1.88. The highest BCUT2D eigenvalue weighted by Crippen LogP contribution is 2.06. The smallest absolute Gasteiger partial charge is 0.248 e. The summed E-state index contributed by atoms with van der Waals surface area (Å²) in [5.74, 6) is 0.628. The molecule has 0 aromatic rings. The van der Waals surface area contributed by atoms with Crippen LogP contribution in [0.5, 0.6) is 0 Å². The monoisotopic (exact) mass is 228 g/mol. The summed E-state index contributed by atoms with van der Waals surface area (Å²) in [4.78, 5) is 11.7. The van der Waals surface area contributed by atoms with Crippen LogP contribution in [0.25, 0.3) is 0 Å². The maximum absolute atomic E-state index is 11.7. The fourth-order valence-electron chi connectivity index (χ4n) is 1.72. The summed E-state index contributed by atoms with van der Waals surface area (Å²) < 4.78 is 5.66. The van der Waals surface area contributed by atoms with E-state index in [1.807, 2.05) is 6.92 Å². The van der Waals surface area contributed by atoms with E-state index in [-0.39, 0.29) is 18.1 Å². The van der Waals surface area contributed by atoms with Crippen LogP contribution in [-0.4, -0.2) is 37.7 Å². The number of nitrogens with one attached hydrogen (secondary N) is 2. The maximum atomic E-state index is 11.7. The van der Waals surface area contributed by atoms with Gasteiger partial charge in [-0.3, -0.25) is 4.79 Å². The van der Waals surface area contributed by atoms with Gasteiger partial charge in [-0.1, -0.05) is 13.8 Å². The van der Waals surface area contributed by atoms with Crippen LogP contribution in [-0.2, 0) is 9.53 Å². The Labute approximate surface area is 98.1 Å². The van der Waals surface area contributed by atoms with Crippen LogP contribution in [0.1, 0.15) is 33.6 Å². The number of amides is 1. The lowest BCUT2D eigenvalue weighted by atomic mass is 10.1. The second-order valence-electron chi connectivity index (χ2n) is 4.87. The van der Waals surface area contributed by atoms with Crippen molar-refractivity contribution in [3.05, 3.63) is 0 Å². The zero-order valence-electron chi connectivity index (χ0n) is 10.6. The standard InChI is InChI=1S/C12H24N2O2/c1-9(2)4-7-14-12(15)10(3)16-11-5-6-13-8-11/h9-11,13H,4-8H2,1-3H3,(H,14,15). The van der Waals surface area contributed by atoms with Crippen LogP contribution in [0, 0.1) is 5.92 Å². The Kier molecular flexibility index (Phi) is 5.77. The van der Waals surface area contributed by atoms with Gasteiger partial charge in [-0.2, -0.15) is 0 Å². The Hall–Kier alpha value is -0.610. The average molecular weight is 228 g/mol. The number of carbonyl (C=O) groups excluding carboxylic acids is 1. The van der Waals surface area contributed by atoms with E-state index in [1.165, 1.54) is 0 Å². The van der Waals surface area contributed by atoms with E-state index in [0.29, 0.717) is 5.92 Å². The second-order valence-corrected chi connectivity index (χ2v) is 4.87. The van der Waals surface area contributed by atoms with Gasteiger partial charge >= 0.3 is 0 Å². The molecule has 16 heavy (non-hydrogen) atoms. The molecule has 1 amide bonds. The fourth-order valence-corrected chi connectivity index (χ4v) is 1.72. The number of ether oxygens (including phenoxy) is 1. The number of hydrogen-bond acceptors (Lipinski definition) is 3. The Morgan fingerprint density at radius 3 is 2.81 bits per heavy atom. The molecule has 1 heterocycles. The van der Waals surface area contributed by atoms with E-state index in [0.717, 1.165) is 32.5 Å². The van der Waals surface area contributed by atoms with Crippen LogP contribution in [0.15, 0.2) is 0 Å². The molecule has 0 radical (unpaired) electrons. The van der Waals surface area contributed by atoms with Crippen molar-refractivity contribution in [1.82, 2.24) is 10.6 Å². The van der Waals surface area contributed by atoms with Crippen molar-refractivity contribution >= 4 is 5.91 Å². The Balaban J connectivity index is 2.14. The predicted octanol–water partition coefficient (Wildman–Crippen LogP) is 0.916. The van der Waals surface area contributed by atoms with E-state index in [2.05, 4.69) is 24.5 Å². The van der Waals surface area contributed by atoms with Gasteiger partial charge in [0.05, 0.1) is 6.10 Å². The lowest BCUT2D eigenvalue weighted by molar-refractivity contribution is -0.134. The molecule has 0 aliphatic carbocycles. The Morgan fingerprint density at radius 1 is 1.50 bits per heavy atom. The van der Waals surface area contributed by atoms with Crippen molar-refractivity contribution in [3.8, 4) is 0 Å². The van der Waals surface area contributed by atoms with Crippen LogP contribution in [0.3, 0.4) is 0 Å². The number of carbonyl (C=O) groups is 1. The first kappa shape index (κ1) is 13.5. The summed E-state index contributed by atoms with van der Waals surface area (Å²) in [5, 5.41) is 6.12. The minimum atomic E-state index is -0.336. The second kappa shape index (κ2) is 6.86. The van der Waals surface area contributed by atoms with Gasteiger partial charge in [0.15, 0.2) is 0 Å². The van der Waals surface area contributed by atoms with Crippen LogP contribution < -0.4 is 10.6 Å². The van der Waals surface area contributed by atoms with Gasteiger partial charge in [0.1, 0.15) is 6.10 Å². The van der Waals surface area contributed by atoms with Crippen molar-refractivity contribution in [2.75, 3.05) is 19.6 Å². The molecule has 2 unspecified atom stereocenters. The van der Waals surface area contributed by atoms with Gasteiger partial charge in [-0.15, -0.1) is 0 Å². The molecule has 4 heteroatoms. The van der Waals surface area contributed by atoms with E-state index in [1.54, 1.807) is 0 Å². The van der Waals surface area contributed by atoms with E-state index in [9.17, 15) is 4.79 Å². The highest BCUT2D eigenvalue weighted by Gasteiger charge is 2.21. The quantitative estimate of drug-likeness (QED) is 0.710. The summed E-state index contributed by atoms with van der Waals surface area (Å²) in [5.41, 5.74) is 0. The maximum Gasteiger partial charge on any atom is 0.248 e. The molecule has 1 fully saturated rings. The molecule has 1 aliphatic heterocycles. The first-order chi connectivity index (χ1) is 7.59. The van der Waals surface area contributed by atoms with E-state index in [4.69, 9.17) is 4.74 Å². The summed E-state index contributed by atoms with van der Waals surface area (Å²) in [6.45, 7) is 8.72. The predicted molar refractivity (Wildman–Crippen MR) is 64.3 cm³/mol. The zero-order chi connectivity index (χ0) is 12.0. The molecule has 0 bridgehead atoms. The fraction of sp³-hybridized carbons (Fsp3) is 0.917. The molecule has 1 saturated heterocycles. The molecular weight excluding hydrogens is 204 g/mol. The minimum absolute atomic E-state index is 0.00699. The molecule has 0 aromatic carbocycles. The third kappa shape index (κ3) is 4.94. The number of hydrogen-bond donors (Lipinski definition) is 2. The average Bonchev–Trinajstić information content (AvgIpc) is 2.69. The highest BCUT2D eigenvalue weighted by molar-refractivity contribution is 5.80. The third-order valence-corrected chi connectivity index (χ3v) is 2.80. The molecule has 0 saturated carbocycles. The van der Waals surface area contributed by atoms with Crippen molar-refractivity contribution in [2.45, 2.75) is 45.8 Å². The van der Waals surface area contributed by atoms with Crippen molar-refractivity contribution in [1.29, 1.82) is 0 Å².